The molecule has 0 bridgehead atoms. The van der Waals surface area contributed by atoms with Gasteiger partial charge in [0.1, 0.15) is 11.5 Å². The summed E-state index contributed by atoms with van der Waals surface area (Å²) in [4.78, 5) is 5.07. The third-order valence-corrected chi connectivity index (χ3v) is 6.56. The van der Waals surface area contributed by atoms with Gasteiger partial charge in [0.2, 0.25) is 0 Å². The van der Waals surface area contributed by atoms with E-state index in [0.717, 1.165) is 33.5 Å². The standard InChI is InChI=1S/C32H19N3O2/c33-18-20-9-13-22(14-10-20)26-17-27(24-5-1-3-7-28(24)36)35-31-25-6-2-4-8-29(25)37-32(30(26)31)23-15-11-21(19-34)12-16-23/h1-17,32,36H. The SMILES string of the molecule is N#Cc1ccc(-c2cc(-c3ccccc3O)nc3c2C(c2ccc(C#N)cc2)Oc2ccccc2-3)cc1. The van der Waals surface area contributed by atoms with Crippen LogP contribution < -0.4 is 4.74 Å². The van der Waals surface area contributed by atoms with Crippen LogP contribution in [-0.2, 0) is 0 Å². The van der Waals surface area contributed by atoms with E-state index < -0.39 is 6.10 Å². The number of rotatable bonds is 3. The molecule has 0 aliphatic carbocycles. The van der Waals surface area contributed by atoms with Gasteiger partial charge in [-0.05, 0) is 71.3 Å². The van der Waals surface area contributed by atoms with Crippen molar-refractivity contribution in [2.24, 2.45) is 0 Å². The summed E-state index contributed by atoms with van der Waals surface area (Å²) >= 11 is 0. The van der Waals surface area contributed by atoms with E-state index in [-0.39, 0.29) is 5.75 Å². The smallest absolute Gasteiger partial charge is 0.152 e. The third kappa shape index (κ3) is 3.86. The summed E-state index contributed by atoms with van der Waals surface area (Å²) in [6.07, 6.45) is -0.478. The summed E-state index contributed by atoms with van der Waals surface area (Å²) in [5.41, 5.74) is 7.57. The Labute approximate surface area is 214 Å². The van der Waals surface area contributed by atoms with Crippen molar-refractivity contribution < 1.29 is 9.84 Å². The highest BCUT2D eigenvalue weighted by molar-refractivity contribution is 5.86. The number of hydrogen-bond donors (Lipinski definition) is 1. The molecule has 1 unspecified atom stereocenters. The van der Waals surface area contributed by atoms with Crippen LogP contribution >= 0.6 is 0 Å². The Bertz CT molecular complexity index is 1730. The number of hydrogen-bond acceptors (Lipinski definition) is 5. The van der Waals surface area contributed by atoms with Gasteiger partial charge >= 0.3 is 0 Å². The molecule has 1 N–H and O–H groups in total. The minimum absolute atomic E-state index is 0.143. The first kappa shape index (κ1) is 22.1. The highest BCUT2D eigenvalue weighted by Crippen LogP contribution is 2.49. The number of fused-ring (bicyclic) bond motifs is 3. The van der Waals surface area contributed by atoms with Crippen LogP contribution in [0.5, 0.6) is 11.5 Å². The summed E-state index contributed by atoms with van der Waals surface area (Å²) in [6.45, 7) is 0. The zero-order chi connectivity index (χ0) is 25.4. The Kier molecular flexibility index (Phi) is 5.37. The summed E-state index contributed by atoms with van der Waals surface area (Å²) in [5, 5.41) is 29.3. The molecule has 37 heavy (non-hydrogen) atoms. The van der Waals surface area contributed by atoms with Crippen molar-refractivity contribution in [2.75, 3.05) is 0 Å². The van der Waals surface area contributed by atoms with Crippen LogP contribution in [0, 0.1) is 22.7 Å². The van der Waals surface area contributed by atoms with E-state index in [2.05, 4.69) is 12.1 Å². The zero-order valence-electron chi connectivity index (χ0n) is 19.6. The molecule has 174 valence electrons. The summed E-state index contributed by atoms with van der Waals surface area (Å²) < 4.78 is 6.57. The van der Waals surface area contributed by atoms with Crippen molar-refractivity contribution in [3.63, 3.8) is 0 Å². The largest absolute Gasteiger partial charge is 0.507 e. The van der Waals surface area contributed by atoms with Gasteiger partial charge in [0.25, 0.3) is 0 Å². The first-order valence-corrected chi connectivity index (χ1v) is 11.8. The van der Waals surface area contributed by atoms with Crippen LogP contribution in [0.25, 0.3) is 33.6 Å². The molecule has 0 fully saturated rings. The normalized spacial score (nSPS) is 13.4. The average molecular weight is 478 g/mol. The molecule has 0 saturated heterocycles. The minimum atomic E-state index is -0.478. The number of para-hydroxylation sites is 2. The zero-order valence-corrected chi connectivity index (χ0v) is 19.6. The second-order valence-corrected chi connectivity index (χ2v) is 8.75. The van der Waals surface area contributed by atoms with Gasteiger partial charge in [0.15, 0.2) is 6.10 Å². The van der Waals surface area contributed by atoms with Crippen LogP contribution in [-0.4, -0.2) is 10.1 Å². The van der Waals surface area contributed by atoms with Gasteiger partial charge in [-0.25, -0.2) is 4.98 Å². The van der Waals surface area contributed by atoms with Gasteiger partial charge in [0.05, 0.1) is 34.7 Å². The van der Waals surface area contributed by atoms with Crippen LogP contribution in [0.3, 0.4) is 0 Å². The Morgan fingerprint density at radius 1 is 0.703 bits per heavy atom. The van der Waals surface area contributed by atoms with Gasteiger partial charge in [-0.2, -0.15) is 10.5 Å². The number of phenolic OH excluding ortho intramolecular Hbond substituents is 1. The molecular formula is C32H19N3O2. The third-order valence-electron chi connectivity index (χ3n) is 6.56. The molecule has 5 nitrogen and oxygen atoms in total. The molecule has 5 heteroatoms. The lowest BCUT2D eigenvalue weighted by molar-refractivity contribution is 0.243. The molecule has 6 rings (SSSR count). The van der Waals surface area contributed by atoms with E-state index in [9.17, 15) is 15.6 Å². The number of benzene rings is 4. The van der Waals surface area contributed by atoms with Crippen molar-refractivity contribution >= 4 is 0 Å². The minimum Gasteiger partial charge on any atom is -0.507 e. The van der Waals surface area contributed by atoms with Gasteiger partial charge in [-0.15, -0.1) is 0 Å². The topological polar surface area (TPSA) is 89.9 Å². The lowest BCUT2D eigenvalue weighted by atomic mass is 9.86. The number of nitrogens with zero attached hydrogens (tertiary/aromatic N) is 3. The average Bonchev–Trinajstić information content (AvgIpc) is 2.96. The number of nitriles is 2. The summed E-state index contributed by atoms with van der Waals surface area (Å²) in [5.74, 6) is 0.849. The molecule has 5 aromatic rings. The molecule has 0 radical (unpaired) electrons. The lowest BCUT2D eigenvalue weighted by Crippen LogP contribution is -2.18. The second kappa shape index (κ2) is 9.00. The van der Waals surface area contributed by atoms with Gasteiger partial charge < -0.3 is 9.84 Å². The van der Waals surface area contributed by atoms with Crippen molar-refractivity contribution in [3.8, 4) is 57.3 Å². The monoisotopic (exact) mass is 477 g/mol. The quantitative estimate of drug-likeness (QED) is 0.302. The fourth-order valence-electron chi connectivity index (χ4n) is 4.74. The number of pyridine rings is 1. The first-order valence-electron chi connectivity index (χ1n) is 11.8. The van der Waals surface area contributed by atoms with E-state index >= 15 is 0 Å². The lowest BCUT2D eigenvalue weighted by Gasteiger charge is -2.31. The molecule has 1 atom stereocenters. The van der Waals surface area contributed by atoms with Crippen LogP contribution in [0.1, 0.15) is 28.4 Å². The molecule has 1 aromatic heterocycles. The molecule has 0 amide bonds. The van der Waals surface area contributed by atoms with E-state index in [0.29, 0.717) is 28.1 Å². The van der Waals surface area contributed by atoms with Crippen LogP contribution in [0.2, 0.25) is 0 Å². The highest BCUT2D eigenvalue weighted by Gasteiger charge is 2.32. The molecule has 0 saturated carbocycles. The van der Waals surface area contributed by atoms with E-state index in [1.807, 2.05) is 66.7 Å². The summed E-state index contributed by atoms with van der Waals surface area (Å²) in [7, 11) is 0. The van der Waals surface area contributed by atoms with Gasteiger partial charge in [-0.3, -0.25) is 0 Å². The van der Waals surface area contributed by atoms with Crippen LogP contribution in [0.15, 0.2) is 103 Å². The van der Waals surface area contributed by atoms with E-state index in [4.69, 9.17) is 9.72 Å². The van der Waals surface area contributed by atoms with Gasteiger partial charge in [0, 0.05) is 16.7 Å². The predicted octanol–water partition coefficient (Wildman–Crippen LogP) is 7.01. The molecule has 2 heterocycles. The first-order chi connectivity index (χ1) is 18.2. The maximum atomic E-state index is 10.6. The van der Waals surface area contributed by atoms with Crippen LogP contribution in [0.4, 0.5) is 0 Å². The predicted molar refractivity (Wildman–Crippen MR) is 141 cm³/mol. The number of aromatic nitrogens is 1. The van der Waals surface area contributed by atoms with Gasteiger partial charge in [-0.1, -0.05) is 48.5 Å². The fourth-order valence-corrected chi connectivity index (χ4v) is 4.74. The summed E-state index contributed by atoms with van der Waals surface area (Å²) in [6, 6.07) is 36.0. The van der Waals surface area contributed by atoms with E-state index in [1.165, 1.54) is 0 Å². The fraction of sp³-hybridized carbons (Fsp3) is 0.0312. The van der Waals surface area contributed by atoms with Crippen molar-refractivity contribution in [1.82, 2.24) is 4.98 Å². The number of phenols is 1. The maximum absolute atomic E-state index is 10.6. The van der Waals surface area contributed by atoms with Crippen molar-refractivity contribution in [1.29, 1.82) is 10.5 Å². The van der Waals surface area contributed by atoms with Crippen molar-refractivity contribution in [2.45, 2.75) is 6.10 Å². The Morgan fingerprint density at radius 2 is 1.32 bits per heavy atom. The Morgan fingerprint density at radius 3 is 2.00 bits per heavy atom. The Hall–Kier alpha value is -5.39. The molecule has 4 aromatic carbocycles. The van der Waals surface area contributed by atoms with Crippen molar-refractivity contribution in [3.05, 3.63) is 125 Å². The molecular weight excluding hydrogens is 458 g/mol. The Balaban J connectivity index is 1.67. The molecule has 1 aliphatic heterocycles. The maximum Gasteiger partial charge on any atom is 0.152 e. The number of ether oxygens (including phenoxy) is 1. The van der Waals surface area contributed by atoms with E-state index in [1.54, 1.807) is 36.4 Å². The molecule has 0 spiro atoms. The molecule has 1 aliphatic rings. The number of aromatic hydroxyl groups is 1. The second-order valence-electron chi connectivity index (χ2n) is 8.75. The highest BCUT2D eigenvalue weighted by atomic mass is 16.5.